The van der Waals surface area contributed by atoms with Crippen molar-refractivity contribution in [1.82, 2.24) is 29.1 Å². The Balaban J connectivity index is 1.57. The number of thioether (sulfide) groups is 1. The van der Waals surface area contributed by atoms with Gasteiger partial charge in [0.2, 0.25) is 0 Å². The van der Waals surface area contributed by atoms with E-state index < -0.39 is 0 Å². The molecule has 0 unspecified atom stereocenters. The third-order valence-electron chi connectivity index (χ3n) is 5.56. The number of pyridine rings is 2. The van der Waals surface area contributed by atoms with Gasteiger partial charge in [-0.1, -0.05) is 49.9 Å². The first-order valence-electron chi connectivity index (χ1n) is 11.1. The van der Waals surface area contributed by atoms with E-state index in [9.17, 15) is 4.79 Å². The van der Waals surface area contributed by atoms with Crippen molar-refractivity contribution in [1.29, 1.82) is 0 Å². The van der Waals surface area contributed by atoms with Crippen molar-refractivity contribution in [3.63, 3.8) is 0 Å². The number of para-hydroxylation sites is 1. The Morgan fingerprint density at radius 3 is 2.68 bits per heavy atom. The van der Waals surface area contributed by atoms with Gasteiger partial charge in [-0.25, -0.2) is 4.98 Å². The van der Waals surface area contributed by atoms with E-state index in [4.69, 9.17) is 0 Å². The molecule has 0 bridgehead atoms. The number of hydrogen-bond donors (Lipinski definition) is 0. The lowest BCUT2D eigenvalue weighted by Gasteiger charge is -2.16. The Labute approximate surface area is 201 Å². The summed E-state index contributed by atoms with van der Waals surface area (Å²) in [6.45, 7) is 6.30. The third-order valence-corrected chi connectivity index (χ3v) is 6.52. The fourth-order valence-corrected chi connectivity index (χ4v) is 4.75. The highest BCUT2D eigenvalue weighted by Crippen LogP contribution is 2.32. The number of aryl methyl sites for hydroxylation is 1. The van der Waals surface area contributed by atoms with Gasteiger partial charge >= 0.3 is 0 Å². The topological polar surface area (TPSA) is 78.0 Å². The number of rotatable bonds is 6. The van der Waals surface area contributed by atoms with E-state index in [-0.39, 0.29) is 5.56 Å². The molecule has 1 aromatic carbocycles. The number of hydrogen-bond acceptors (Lipinski definition) is 6. The van der Waals surface area contributed by atoms with E-state index in [1.165, 1.54) is 17.3 Å². The van der Waals surface area contributed by atoms with Gasteiger partial charge in [-0.2, -0.15) is 0 Å². The normalized spacial score (nSPS) is 11.4. The zero-order valence-electron chi connectivity index (χ0n) is 19.2. The molecule has 0 atom stereocenters. The van der Waals surface area contributed by atoms with Crippen LogP contribution in [0.2, 0.25) is 0 Å². The average molecular weight is 469 g/mol. The Kier molecular flexibility index (Phi) is 5.98. The summed E-state index contributed by atoms with van der Waals surface area (Å²) in [5.74, 6) is 1.55. The lowest BCUT2D eigenvalue weighted by molar-refractivity contribution is 0.818. The second-order valence-corrected chi connectivity index (χ2v) is 9.35. The third kappa shape index (κ3) is 4.24. The molecular weight excluding hydrogens is 444 g/mol. The summed E-state index contributed by atoms with van der Waals surface area (Å²) < 4.78 is 3.65. The van der Waals surface area contributed by atoms with E-state index in [2.05, 4.69) is 50.7 Å². The number of fused-ring (bicyclic) bond motifs is 1. The van der Waals surface area contributed by atoms with Gasteiger partial charge in [0.1, 0.15) is 5.65 Å². The van der Waals surface area contributed by atoms with E-state index in [1.807, 2.05) is 43.3 Å². The van der Waals surface area contributed by atoms with Gasteiger partial charge in [-0.15, -0.1) is 10.2 Å². The molecule has 0 aliphatic carbocycles. The van der Waals surface area contributed by atoms with E-state index in [0.29, 0.717) is 23.0 Å². The van der Waals surface area contributed by atoms with E-state index in [1.54, 1.807) is 29.1 Å². The summed E-state index contributed by atoms with van der Waals surface area (Å²) in [6.07, 6.45) is 5.34. The van der Waals surface area contributed by atoms with Gasteiger partial charge in [-0.3, -0.25) is 18.7 Å². The molecule has 8 heteroatoms. The highest BCUT2D eigenvalue weighted by Gasteiger charge is 2.20. The Morgan fingerprint density at radius 2 is 1.88 bits per heavy atom. The second-order valence-electron chi connectivity index (χ2n) is 8.41. The molecule has 0 radical (unpaired) electrons. The van der Waals surface area contributed by atoms with Crippen LogP contribution in [0.25, 0.3) is 22.7 Å². The maximum atomic E-state index is 12.6. The highest BCUT2D eigenvalue weighted by molar-refractivity contribution is 7.98. The van der Waals surface area contributed by atoms with Crippen LogP contribution >= 0.6 is 11.8 Å². The average Bonchev–Trinajstić information content (AvgIpc) is 3.27. The fourth-order valence-electron chi connectivity index (χ4n) is 3.91. The van der Waals surface area contributed by atoms with Crippen LogP contribution in [0, 0.1) is 6.92 Å². The molecule has 0 amide bonds. The van der Waals surface area contributed by atoms with Crippen LogP contribution < -0.4 is 5.56 Å². The molecule has 0 N–H and O–H groups in total. The molecular formula is C26H24N6OS. The Hall–Kier alpha value is -3.78. The molecule has 34 heavy (non-hydrogen) atoms. The van der Waals surface area contributed by atoms with Crippen LogP contribution in [-0.4, -0.2) is 29.1 Å². The molecule has 0 saturated carbocycles. The fraction of sp³-hybridized carbons (Fsp3) is 0.192. The predicted octanol–water partition coefficient (Wildman–Crippen LogP) is 5.06. The lowest BCUT2D eigenvalue weighted by atomic mass is 10.0. The number of aromatic nitrogens is 6. The van der Waals surface area contributed by atoms with Gasteiger partial charge in [0.05, 0.1) is 11.4 Å². The molecule has 0 aliphatic rings. The predicted molar refractivity (Wildman–Crippen MR) is 134 cm³/mol. The number of nitrogens with zero attached hydrogens (tertiary/aromatic N) is 6. The van der Waals surface area contributed by atoms with Crippen molar-refractivity contribution in [2.75, 3.05) is 0 Å². The molecule has 5 rings (SSSR count). The minimum atomic E-state index is -0.0908. The molecule has 4 heterocycles. The van der Waals surface area contributed by atoms with Crippen molar-refractivity contribution >= 4 is 17.4 Å². The van der Waals surface area contributed by atoms with Crippen molar-refractivity contribution < 1.29 is 0 Å². The monoisotopic (exact) mass is 468 g/mol. The quantitative estimate of drug-likeness (QED) is 0.324. The molecule has 7 nitrogen and oxygen atoms in total. The first-order chi connectivity index (χ1) is 16.5. The van der Waals surface area contributed by atoms with Gasteiger partial charge in [0.25, 0.3) is 5.56 Å². The SMILES string of the molecule is Cc1ccc2nc(CSc3nnc(-c4cccnc4)n3-c3ccccc3C(C)C)cc(=O)n2c1. The maximum Gasteiger partial charge on any atom is 0.258 e. The second kappa shape index (κ2) is 9.23. The zero-order valence-corrected chi connectivity index (χ0v) is 20.0. The molecule has 0 aliphatic heterocycles. The molecule has 5 aromatic rings. The lowest BCUT2D eigenvalue weighted by Crippen LogP contribution is -2.15. The van der Waals surface area contributed by atoms with Gasteiger partial charge in [-0.05, 0) is 48.2 Å². The van der Waals surface area contributed by atoms with Crippen LogP contribution in [0.1, 0.15) is 36.6 Å². The summed E-state index contributed by atoms with van der Waals surface area (Å²) in [4.78, 5) is 21.6. The first-order valence-corrected chi connectivity index (χ1v) is 12.1. The maximum absolute atomic E-state index is 12.6. The first kappa shape index (κ1) is 22.0. The van der Waals surface area contributed by atoms with Crippen molar-refractivity contribution in [3.8, 4) is 17.1 Å². The summed E-state index contributed by atoms with van der Waals surface area (Å²) in [6, 6.07) is 17.6. The van der Waals surface area contributed by atoms with Gasteiger partial charge in [0.15, 0.2) is 11.0 Å². The summed E-state index contributed by atoms with van der Waals surface area (Å²) >= 11 is 1.51. The van der Waals surface area contributed by atoms with Crippen LogP contribution in [0.5, 0.6) is 0 Å². The van der Waals surface area contributed by atoms with Crippen molar-refractivity contribution in [3.05, 3.63) is 100 Å². The Morgan fingerprint density at radius 1 is 1.03 bits per heavy atom. The molecule has 0 spiro atoms. The standard InChI is InChI=1S/C26H24N6OS/c1-17(2)21-8-4-5-9-22(21)32-25(19-7-6-12-27-14-19)29-30-26(32)34-16-20-13-24(33)31-15-18(3)10-11-23(31)28-20/h4-15,17H,16H2,1-3H3. The zero-order chi connectivity index (χ0) is 23.7. The van der Waals surface area contributed by atoms with Gasteiger partial charge in [0, 0.05) is 36.0 Å². The molecule has 0 saturated heterocycles. The highest BCUT2D eigenvalue weighted by atomic mass is 32.2. The number of benzene rings is 1. The molecule has 4 aromatic heterocycles. The van der Waals surface area contributed by atoms with Gasteiger partial charge < -0.3 is 0 Å². The smallest absolute Gasteiger partial charge is 0.258 e. The van der Waals surface area contributed by atoms with Crippen LogP contribution in [-0.2, 0) is 5.75 Å². The van der Waals surface area contributed by atoms with Crippen LogP contribution in [0.4, 0.5) is 0 Å². The molecule has 170 valence electrons. The van der Waals surface area contributed by atoms with Crippen molar-refractivity contribution in [2.24, 2.45) is 0 Å². The van der Waals surface area contributed by atoms with E-state index in [0.717, 1.165) is 27.8 Å². The van der Waals surface area contributed by atoms with Crippen LogP contribution in [0.3, 0.4) is 0 Å². The van der Waals surface area contributed by atoms with Crippen molar-refractivity contribution in [2.45, 2.75) is 37.6 Å². The largest absolute Gasteiger partial charge is 0.270 e. The minimum absolute atomic E-state index is 0.0908. The summed E-state index contributed by atoms with van der Waals surface area (Å²) in [5.41, 5.74) is 5.38. The summed E-state index contributed by atoms with van der Waals surface area (Å²) in [7, 11) is 0. The molecule has 0 fully saturated rings. The van der Waals surface area contributed by atoms with E-state index >= 15 is 0 Å². The summed E-state index contributed by atoms with van der Waals surface area (Å²) in [5, 5.41) is 9.77. The Bertz CT molecular complexity index is 1520. The minimum Gasteiger partial charge on any atom is -0.270 e. The van der Waals surface area contributed by atoms with Crippen LogP contribution in [0.15, 0.2) is 83.1 Å².